The van der Waals surface area contributed by atoms with Crippen LogP contribution in [0.25, 0.3) is 0 Å². The number of nitrogens with zero attached hydrogens (tertiary/aromatic N) is 1. The molecule has 0 rings (SSSR count). The van der Waals surface area contributed by atoms with Crippen molar-refractivity contribution < 1.29 is 9.84 Å². The average Bonchev–Trinajstić information content (AvgIpc) is 2.36. The van der Waals surface area contributed by atoms with Crippen LogP contribution >= 0.6 is 0 Å². The van der Waals surface area contributed by atoms with Gasteiger partial charge in [-0.1, -0.05) is 6.92 Å². The molecular weight excluding hydrogens is 240 g/mol. The molecule has 4 heteroatoms. The van der Waals surface area contributed by atoms with Gasteiger partial charge in [-0.2, -0.15) is 0 Å². The smallest absolute Gasteiger partial charge is 0.0611 e. The Labute approximate surface area is 119 Å². The van der Waals surface area contributed by atoms with Gasteiger partial charge in [0.15, 0.2) is 0 Å². The van der Waals surface area contributed by atoms with Crippen molar-refractivity contribution in [1.29, 1.82) is 0 Å². The fourth-order valence-corrected chi connectivity index (χ4v) is 2.57. The number of methoxy groups -OCH3 is 1. The number of nitrogens with one attached hydrogen (secondary N) is 1. The Bertz CT molecular complexity index is 224. The second-order valence-electron chi connectivity index (χ2n) is 6.02. The first-order valence-electron chi connectivity index (χ1n) is 7.50. The zero-order valence-corrected chi connectivity index (χ0v) is 13.7. The predicted octanol–water partition coefficient (Wildman–Crippen LogP) is 1.87. The Hall–Kier alpha value is -0.160. The summed E-state index contributed by atoms with van der Waals surface area (Å²) in [7, 11) is 1.74. The second kappa shape index (κ2) is 9.70. The highest BCUT2D eigenvalue weighted by atomic mass is 16.5. The maximum atomic E-state index is 9.65. The van der Waals surface area contributed by atoms with Gasteiger partial charge in [0.1, 0.15) is 0 Å². The van der Waals surface area contributed by atoms with Gasteiger partial charge in [-0.25, -0.2) is 0 Å². The largest absolute Gasteiger partial charge is 0.394 e. The monoisotopic (exact) mass is 274 g/mol. The first kappa shape index (κ1) is 18.8. The predicted molar refractivity (Wildman–Crippen MR) is 81.6 cm³/mol. The van der Waals surface area contributed by atoms with E-state index in [2.05, 4.69) is 44.8 Å². The van der Waals surface area contributed by atoms with Crippen molar-refractivity contribution in [2.45, 2.75) is 65.1 Å². The molecule has 0 saturated carbocycles. The summed E-state index contributed by atoms with van der Waals surface area (Å²) in [6.07, 6.45) is 2.02. The van der Waals surface area contributed by atoms with Crippen LogP contribution in [0.2, 0.25) is 0 Å². The lowest BCUT2D eigenvalue weighted by atomic mass is 9.93. The summed E-state index contributed by atoms with van der Waals surface area (Å²) in [6.45, 7) is 13.7. The van der Waals surface area contributed by atoms with Crippen LogP contribution in [-0.4, -0.2) is 61.0 Å². The lowest BCUT2D eigenvalue weighted by Gasteiger charge is -2.38. The van der Waals surface area contributed by atoms with Crippen molar-refractivity contribution in [2.75, 3.05) is 33.4 Å². The van der Waals surface area contributed by atoms with Gasteiger partial charge in [-0.3, -0.25) is 4.90 Å². The van der Waals surface area contributed by atoms with E-state index in [4.69, 9.17) is 4.74 Å². The Morgan fingerprint density at radius 2 is 1.95 bits per heavy atom. The van der Waals surface area contributed by atoms with Gasteiger partial charge in [0.05, 0.1) is 13.2 Å². The minimum atomic E-state index is -0.199. The molecule has 0 radical (unpaired) electrons. The van der Waals surface area contributed by atoms with Gasteiger partial charge in [0, 0.05) is 31.3 Å². The standard InChI is InChI=1S/C15H34N2O2/c1-7-8-16-15(5,12-18)11-14(4)17(13(2)3)9-10-19-6/h13-14,16,18H,7-12H2,1-6H3. The molecule has 0 aliphatic heterocycles. The van der Waals surface area contributed by atoms with E-state index in [1.807, 2.05) is 0 Å². The van der Waals surface area contributed by atoms with Crippen molar-refractivity contribution >= 4 is 0 Å². The Morgan fingerprint density at radius 3 is 2.37 bits per heavy atom. The first-order valence-corrected chi connectivity index (χ1v) is 7.50. The van der Waals surface area contributed by atoms with Crippen molar-refractivity contribution in [1.82, 2.24) is 10.2 Å². The van der Waals surface area contributed by atoms with Crippen LogP contribution < -0.4 is 5.32 Å². The van der Waals surface area contributed by atoms with Crippen molar-refractivity contribution in [2.24, 2.45) is 0 Å². The molecule has 0 fully saturated rings. The molecule has 116 valence electrons. The number of hydrogen-bond donors (Lipinski definition) is 2. The summed E-state index contributed by atoms with van der Waals surface area (Å²) < 4.78 is 5.19. The van der Waals surface area contributed by atoms with Gasteiger partial charge < -0.3 is 15.2 Å². The van der Waals surface area contributed by atoms with Crippen LogP contribution in [-0.2, 0) is 4.74 Å². The zero-order valence-electron chi connectivity index (χ0n) is 13.7. The fourth-order valence-electron chi connectivity index (χ4n) is 2.57. The lowest BCUT2D eigenvalue weighted by molar-refractivity contribution is 0.0711. The summed E-state index contributed by atoms with van der Waals surface area (Å²) >= 11 is 0. The summed E-state index contributed by atoms with van der Waals surface area (Å²) in [6, 6.07) is 0.899. The molecule has 0 aliphatic carbocycles. The first-order chi connectivity index (χ1) is 8.90. The summed E-state index contributed by atoms with van der Waals surface area (Å²) in [5.74, 6) is 0. The maximum absolute atomic E-state index is 9.65. The SMILES string of the molecule is CCCNC(C)(CO)CC(C)N(CCOC)C(C)C. The molecule has 0 amide bonds. The molecule has 0 aliphatic rings. The molecule has 4 nitrogen and oxygen atoms in total. The fraction of sp³-hybridized carbons (Fsp3) is 1.00. The average molecular weight is 274 g/mol. The Kier molecular flexibility index (Phi) is 9.62. The van der Waals surface area contributed by atoms with Crippen molar-refractivity contribution in [3.05, 3.63) is 0 Å². The van der Waals surface area contributed by atoms with Gasteiger partial charge in [-0.05, 0) is 47.1 Å². The highest BCUT2D eigenvalue weighted by Gasteiger charge is 2.28. The molecule has 2 atom stereocenters. The third-order valence-electron chi connectivity index (χ3n) is 3.68. The molecule has 19 heavy (non-hydrogen) atoms. The minimum absolute atomic E-state index is 0.174. The number of rotatable bonds is 11. The number of aliphatic hydroxyl groups excluding tert-OH is 1. The van der Waals surface area contributed by atoms with E-state index in [1.54, 1.807) is 7.11 Å². The quantitative estimate of drug-likeness (QED) is 0.604. The number of hydrogen-bond acceptors (Lipinski definition) is 4. The molecule has 0 saturated heterocycles. The molecule has 2 N–H and O–H groups in total. The van der Waals surface area contributed by atoms with Gasteiger partial charge in [0.2, 0.25) is 0 Å². The van der Waals surface area contributed by atoms with E-state index in [0.29, 0.717) is 12.1 Å². The molecular formula is C15H34N2O2. The van der Waals surface area contributed by atoms with Crippen LogP contribution in [0.3, 0.4) is 0 Å². The maximum Gasteiger partial charge on any atom is 0.0611 e. The molecule has 0 spiro atoms. The Balaban J connectivity index is 4.52. The second-order valence-corrected chi connectivity index (χ2v) is 6.02. The van der Waals surface area contributed by atoms with Crippen molar-refractivity contribution in [3.8, 4) is 0 Å². The molecule has 0 aromatic carbocycles. The van der Waals surface area contributed by atoms with Crippen LogP contribution in [0.15, 0.2) is 0 Å². The summed E-state index contributed by atoms with van der Waals surface area (Å²) in [5, 5.41) is 13.1. The van der Waals surface area contributed by atoms with Crippen LogP contribution in [0.5, 0.6) is 0 Å². The zero-order chi connectivity index (χ0) is 14.9. The third kappa shape index (κ3) is 7.25. The summed E-state index contributed by atoms with van der Waals surface area (Å²) in [4.78, 5) is 2.44. The molecule has 0 aromatic rings. The van der Waals surface area contributed by atoms with Crippen LogP contribution in [0.1, 0.15) is 47.5 Å². The van der Waals surface area contributed by atoms with Crippen LogP contribution in [0.4, 0.5) is 0 Å². The third-order valence-corrected chi connectivity index (χ3v) is 3.68. The van der Waals surface area contributed by atoms with E-state index in [0.717, 1.165) is 32.5 Å². The molecule has 0 bridgehead atoms. The van der Waals surface area contributed by atoms with E-state index in [9.17, 15) is 5.11 Å². The van der Waals surface area contributed by atoms with E-state index in [-0.39, 0.29) is 12.1 Å². The molecule has 2 unspecified atom stereocenters. The van der Waals surface area contributed by atoms with Gasteiger partial charge in [0.25, 0.3) is 0 Å². The minimum Gasteiger partial charge on any atom is -0.394 e. The van der Waals surface area contributed by atoms with Crippen LogP contribution in [0, 0.1) is 0 Å². The van der Waals surface area contributed by atoms with Gasteiger partial charge in [-0.15, -0.1) is 0 Å². The summed E-state index contributed by atoms with van der Waals surface area (Å²) in [5.41, 5.74) is -0.199. The molecule has 0 heterocycles. The van der Waals surface area contributed by atoms with Crippen molar-refractivity contribution in [3.63, 3.8) is 0 Å². The van der Waals surface area contributed by atoms with E-state index < -0.39 is 0 Å². The van der Waals surface area contributed by atoms with E-state index >= 15 is 0 Å². The Morgan fingerprint density at radius 1 is 1.32 bits per heavy atom. The number of ether oxygens (including phenoxy) is 1. The highest BCUT2D eigenvalue weighted by molar-refractivity contribution is 4.87. The normalized spacial score (nSPS) is 16.9. The topological polar surface area (TPSA) is 44.7 Å². The molecule has 0 aromatic heterocycles. The van der Waals surface area contributed by atoms with Gasteiger partial charge >= 0.3 is 0 Å². The lowest BCUT2D eigenvalue weighted by Crippen LogP contribution is -2.52. The number of aliphatic hydroxyl groups is 1. The highest BCUT2D eigenvalue weighted by Crippen LogP contribution is 2.18. The van der Waals surface area contributed by atoms with E-state index in [1.165, 1.54) is 0 Å².